The second-order valence-electron chi connectivity index (χ2n) is 3.74. The Morgan fingerprint density at radius 2 is 2.41 bits per heavy atom. The summed E-state index contributed by atoms with van der Waals surface area (Å²) in [5, 5.41) is 10.3. The third-order valence-corrected chi connectivity index (χ3v) is 3.47. The van der Waals surface area contributed by atoms with Crippen LogP contribution in [0.3, 0.4) is 0 Å². The average Bonchev–Trinajstić information content (AvgIpc) is 2.94. The van der Waals surface area contributed by atoms with Crippen LogP contribution in [0.25, 0.3) is 0 Å². The van der Waals surface area contributed by atoms with Gasteiger partial charge in [-0.15, -0.1) is 11.3 Å². The van der Waals surface area contributed by atoms with Crippen LogP contribution in [0, 0.1) is 0 Å². The van der Waals surface area contributed by atoms with Crippen molar-refractivity contribution in [2.75, 3.05) is 7.05 Å². The maximum atomic E-state index is 6.22. The molecule has 0 aliphatic heterocycles. The van der Waals surface area contributed by atoms with E-state index in [9.17, 15) is 0 Å². The molecule has 17 heavy (non-hydrogen) atoms. The molecule has 2 heterocycles. The van der Waals surface area contributed by atoms with Gasteiger partial charge in [0.25, 0.3) is 0 Å². The molecule has 92 valence electrons. The zero-order valence-electron chi connectivity index (χ0n) is 9.85. The van der Waals surface area contributed by atoms with E-state index in [1.54, 1.807) is 17.5 Å². The number of rotatable bonds is 5. The van der Waals surface area contributed by atoms with Gasteiger partial charge in [-0.1, -0.05) is 18.5 Å². The van der Waals surface area contributed by atoms with Crippen LogP contribution < -0.4 is 5.32 Å². The number of aromatic nitrogens is 3. The van der Waals surface area contributed by atoms with Gasteiger partial charge in [0, 0.05) is 11.9 Å². The van der Waals surface area contributed by atoms with E-state index in [-0.39, 0.29) is 6.04 Å². The molecule has 2 aromatic heterocycles. The van der Waals surface area contributed by atoms with E-state index in [1.165, 1.54) is 0 Å². The molecule has 0 aliphatic carbocycles. The number of hydrogen-bond acceptors (Lipinski definition) is 4. The molecule has 1 N–H and O–H groups in total. The molecule has 0 saturated carbocycles. The molecule has 1 atom stereocenters. The monoisotopic (exact) mass is 270 g/mol. The minimum atomic E-state index is 0.00259. The van der Waals surface area contributed by atoms with Crippen LogP contribution in [0.2, 0.25) is 5.02 Å². The van der Waals surface area contributed by atoms with Crippen molar-refractivity contribution in [2.45, 2.75) is 25.9 Å². The summed E-state index contributed by atoms with van der Waals surface area (Å²) in [5.74, 6) is 0. The predicted octanol–water partition coefficient (Wildman–Crippen LogP) is 2.71. The van der Waals surface area contributed by atoms with Crippen LogP contribution in [0.5, 0.6) is 0 Å². The molecule has 4 nitrogen and oxygen atoms in total. The van der Waals surface area contributed by atoms with E-state index in [4.69, 9.17) is 11.6 Å². The molecule has 0 aliphatic rings. The molecule has 0 radical (unpaired) electrons. The molecule has 2 rings (SSSR count). The molecule has 0 spiro atoms. The van der Waals surface area contributed by atoms with Gasteiger partial charge in [0.05, 0.1) is 34.2 Å². The Balaban J connectivity index is 2.39. The molecule has 1 unspecified atom stereocenters. The summed E-state index contributed by atoms with van der Waals surface area (Å²) in [7, 11) is 1.91. The Labute approximate surface area is 110 Å². The molecule has 6 heteroatoms. The topological polar surface area (TPSA) is 42.7 Å². The summed E-state index contributed by atoms with van der Waals surface area (Å²) < 4.78 is 1.95. The minimum absolute atomic E-state index is 0.00259. The van der Waals surface area contributed by atoms with Crippen LogP contribution in [0.4, 0.5) is 0 Å². The summed E-state index contributed by atoms with van der Waals surface area (Å²) >= 11 is 7.81. The minimum Gasteiger partial charge on any atom is -0.307 e. The lowest BCUT2D eigenvalue weighted by molar-refractivity contribution is 0.530. The largest absolute Gasteiger partial charge is 0.307 e. The van der Waals surface area contributed by atoms with Crippen molar-refractivity contribution in [1.29, 1.82) is 0 Å². The lowest BCUT2D eigenvalue weighted by atomic mass is 10.1. The van der Waals surface area contributed by atoms with Gasteiger partial charge < -0.3 is 5.32 Å². The van der Waals surface area contributed by atoms with Crippen molar-refractivity contribution in [1.82, 2.24) is 20.1 Å². The van der Waals surface area contributed by atoms with E-state index in [2.05, 4.69) is 22.3 Å². The van der Waals surface area contributed by atoms with Gasteiger partial charge in [0.1, 0.15) is 0 Å². The summed E-state index contributed by atoms with van der Waals surface area (Å²) in [6, 6.07) is 0.00259. The molecule has 0 bridgehead atoms. The second kappa shape index (κ2) is 5.62. The highest BCUT2D eigenvalue weighted by Gasteiger charge is 2.21. The van der Waals surface area contributed by atoms with Crippen molar-refractivity contribution < 1.29 is 0 Å². The Morgan fingerprint density at radius 3 is 3.00 bits per heavy atom. The zero-order valence-corrected chi connectivity index (χ0v) is 11.4. The second-order valence-corrected chi connectivity index (χ2v) is 4.86. The first kappa shape index (κ1) is 12.5. The van der Waals surface area contributed by atoms with Gasteiger partial charge >= 0.3 is 0 Å². The Morgan fingerprint density at radius 1 is 1.59 bits per heavy atom. The molecule has 2 aromatic rings. The molecule has 0 aromatic carbocycles. The van der Waals surface area contributed by atoms with E-state index in [0.717, 1.165) is 24.4 Å². The molecular weight excluding hydrogens is 256 g/mol. The Kier molecular flexibility index (Phi) is 4.15. The van der Waals surface area contributed by atoms with E-state index < -0.39 is 0 Å². The summed E-state index contributed by atoms with van der Waals surface area (Å²) in [5.41, 5.74) is 3.80. The van der Waals surface area contributed by atoms with Crippen molar-refractivity contribution >= 4 is 22.9 Å². The predicted molar refractivity (Wildman–Crippen MR) is 70.5 cm³/mol. The number of hydrogen-bond donors (Lipinski definition) is 1. The SMILES string of the molecule is CCCn1ncc(Cl)c1C(NC)c1cscn1. The highest BCUT2D eigenvalue weighted by Crippen LogP contribution is 2.27. The Bertz CT molecular complexity index is 466. The van der Waals surface area contributed by atoms with Crippen LogP contribution in [-0.2, 0) is 6.54 Å². The maximum absolute atomic E-state index is 6.22. The number of thiazole rings is 1. The summed E-state index contributed by atoms with van der Waals surface area (Å²) in [6.45, 7) is 2.99. The first-order valence-electron chi connectivity index (χ1n) is 5.54. The molecule has 0 amide bonds. The van der Waals surface area contributed by atoms with Gasteiger partial charge in [-0.2, -0.15) is 5.10 Å². The van der Waals surface area contributed by atoms with Gasteiger partial charge in [0.15, 0.2) is 0 Å². The van der Waals surface area contributed by atoms with Gasteiger partial charge in [-0.25, -0.2) is 4.98 Å². The van der Waals surface area contributed by atoms with Gasteiger partial charge in [-0.05, 0) is 13.5 Å². The van der Waals surface area contributed by atoms with Gasteiger partial charge in [-0.3, -0.25) is 4.68 Å². The Hall–Kier alpha value is -0.910. The quantitative estimate of drug-likeness (QED) is 0.908. The summed E-state index contributed by atoms with van der Waals surface area (Å²) in [6.07, 6.45) is 2.72. The number of halogens is 1. The smallest absolute Gasteiger partial charge is 0.0943 e. The van der Waals surface area contributed by atoms with Crippen LogP contribution in [-0.4, -0.2) is 21.8 Å². The van der Waals surface area contributed by atoms with E-state index in [1.807, 2.05) is 22.6 Å². The highest BCUT2D eigenvalue weighted by molar-refractivity contribution is 7.07. The fourth-order valence-corrected chi connectivity index (χ4v) is 2.67. The number of aryl methyl sites for hydroxylation is 1. The average molecular weight is 271 g/mol. The van der Waals surface area contributed by atoms with Crippen molar-refractivity contribution in [3.63, 3.8) is 0 Å². The fourth-order valence-electron chi connectivity index (χ4n) is 1.84. The van der Waals surface area contributed by atoms with Gasteiger partial charge in [0.2, 0.25) is 0 Å². The van der Waals surface area contributed by atoms with Crippen LogP contribution >= 0.6 is 22.9 Å². The van der Waals surface area contributed by atoms with Crippen molar-refractivity contribution in [3.8, 4) is 0 Å². The lowest BCUT2D eigenvalue weighted by Crippen LogP contribution is -2.22. The third-order valence-electron chi connectivity index (χ3n) is 2.58. The first-order chi connectivity index (χ1) is 8.27. The zero-order chi connectivity index (χ0) is 12.3. The van der Waals surface area contributed by atoms with Crippen molar-refractivity contribution in [2.24, 2.45) is 0 Å². The third kappa shape index (κ3) is 2.51. The number of nitrogens with one attached hydrogen (secondary N) is 1. The lowest BCUT2D eigenvalue weighted by Gasteiger charge is -2.16. The van der Waals surface area contributed by atoms with Crippen LogP contribution in [0.1, 0.15) is 30.8 Å². The summed E-state index contributed by atoms with van der Waals surface area (Å²) in [4.78, 5) is 4.34. The fraction of sp³-hybridized carbons (Fsp3) is 0.455. The molecule has 0 saturated heterocycles. The number of nitrogens with zero attached hydrogens (tertiary/aromatic N) is 3. The molecule has 0 fully saturated rings. The van der Waals surface area contributed by atoms with Crippen molar-refractivity contribution in [3.05, 3.63) is 33.5 Å². The first-order valence-corrected chi connectivity index (χ1v) is 6.86. The maximum Gasteiger partial charge on any atom is 0.0943 e. The molecular formula is C11H15ClN4S. The normalized spacial score (nSPS) is 12.9. The highest BCUT2D eigenvalue weighted by atomic mass is 35.5. The van der Waals surface area contributed by atoms with Crippen LogP contribution in [0.15, 0.2) is 17.1 Å². The standard InChI is InChI=1S/C11H15ClN4S/c1-3-4-16-11(8(12)5-15-16)10(13-2)9-6-17-7-14-9/h5-7,10,13H,3-4H2,1-2H3. The van der Waals surface area contributed by atoms with E-state index >= 15 is 0 Å². The van der Waals surface area contributed by atoms with E-state index in [0.29, 0.717) is 5.02 Å².